The van der Waals surface area contributed by atoms with Crippen LogP contribution in [0.4, 0.5) is 0 Å². The van der Waals surface area contributed by atoms with Gasteiger partial charge in [0.15, 0.2) is 0 Å². The van der Waals surface area contributed by atoms with Crippen molar-refractivity contribution >= 4 is 0 Å². The summed E-state index contributed by atoms with van der Waals surface area (Å²) >= 11 is 0. The highest BCUT2D eigenvalue weighted by Crippen LogP contribution is 2.16. The first-order valence-electron chi connectivity index (χ1n) is 5.58. The van der Waals surface area contributed by atoms with Crippen molar-refractivity contribution in [1.82, 2.24) is 15.3 Å². The van der Waals surface area contributed by atoms with Gasteiger partial charge in [0.2, 0.25) is 0 Å². The van der Waals surface area contributed by atoms with Crippen LogP contribution in [0.3, 0.4) is 0 Å². The number of nitrogens with one attached hydrogen (secondary N) is 2. The van der Waals surface area contributed by atoms with Crippen molar-refractivity contribution in [1.29, 1.82) is 0 Å². The summed E-state index contributed by atoms with van der Waals surface area (Å²) in [6, 6.07) is 0. The fourth-order valence-corrected chi connectivity index (χ4v) is 1.50. The second kappa shape index (κ2) is 7.38. The normalized spacial score (nSPS) is 12.9. The molecular weight excluding hydrogens is 206 g/mol. The van der Waals surface area contributed by atoms with Gasteiger partial charge in [-0.2, -0.15) is 0 Å². The zero-order valence-corrected chi connectivity index (χ0v) is 10.2. The van der Waals surface area contributed by atoms with Gasteiger partial charge in [-0.25, -0.2) is 4.98 Å². The Morgan fingerprint density at radius 3 is 2.94 bits per heavy atom. The monoisotopic (exact) mass is 227 g/mol. The number of imidazole rings is 1. The highest BCUT2D eigenvalue weighted by molar-refractivity contribution is 5.03. The van der Waals surface area contributed by atoms with Gasteiger partial charge in [0.1, 0.15) is 11.9 Å². The molecule has 5 heteroatoms. The Hall–Kier alpha value is -0.910. The quantitative estimate of drug-likeness (QED) is 0.656. The van der Waals surface area contributed by atoms with Crippen LogP contribution < -0.4 is 5.32 Å². The largest absolute Gasteiger partial charge is 0.383 e. The topological polar surface area (TPSA) is 59.2 Å². The first-order valence-corrected chi connectivity index (χ1v) is 5.58. The number of hydrogen-bond acceptors (Lipinski definition) is 4. The molecule has 5 nitrogen and oxygen atoms in total. The molecule has 1 unspecified atom stereocenters. The molecule has 0 saturated heterocycles. The standard InChI is InChI=1S/C11H21N3O2/c1-4-10(16-3)11-13-8-9(14-11)7-12-5-6-15-2/h8,10,12H,4-7H2,1-3H3,(H,13,14). The van der Waals surface area contributed by atoms with Crippen LogP contribution in [-0.4, -0.2) is 37.3 Å². The lowest BCUT2D eigenvalue weighted by Crippen LogP contribution is -2.18. The fourth-order valence-electron chi connectivity index (χ4n) is 1.50. The van der Waals surface area contributed by atoms with Gasteiger partial charge < -0.3 is 19.8 Å². The summed E-state index contributed by atoms with van der Waals surface area (Å²) in [5, 5.41) is 3.25. The van der Waals surface area contributed by atoms with E-state index in [0.29, 0.717) is 0 Å². The van der Waals surface area contributed by atoms with E-state index in [9.17, 15) is 0 Å². The van der Waals surface area contributed by atoms with Gasteiger partial charge in [0.25, 0.3) is 0 Å². The summed E-state index contributed by atoms with van der Waals surface area (Å²) in [7, 11) is 3.40. The van der Waals surface area contributed by atoms with E-state index in [2.05, 4.69) is 22.2 Å². The lowest BCUT2D eigenvalue weighted by atomic mass is 10.3. The molecule has 0 bridgehead atoms. The van der Waals surface area contributed by atoms with Gasteiger partial charge in [0.05, 0.1) is 6.61 Å². The SMILES string of the molecule is CCC(OC)c1ncc(CNCCOC)[nH]1. The Kier molecular flexibility index (Phi) is 6.07. The number of ether oxygens (including phenoxy) is 2. The Labute approximate surface area is 96.6 Å². The van der Waals surface area contributed by atoms with E-state index in [0.717, 1.165) is 37.6 Å². The molecule has 16 heavy (non-hydrogen) atoms. The fraction of sp³-hybridized carbons (Fsp3) is 0.727. The number of aromatic nitrogens is 2. The molecule has 1 aromatic heterocycles. The highest BCUT2D eigenvalue weighted by atomic mass is 16.5. The summed E-state index contributed by atoms with van der Waals surface area (Å²) in [4.78, 5) is 7.56. The van der Waals surface area contributed by atoms with Crippen LogP contribution in [0.15, 0.2) is 6.20 Å². The van der Waals surface area contributed by atoms with Gasteiger partial charge in [0, 0.05) is 39.2 Å². The molecule has 1 rings (SSSR count). The molecule has 0 aliphatic carbocycles. The van der Waals surface area contributed by atoms with E-state index in [1.807, 2.05) is 6.20 Å². The molecule has 0 fully saturated rings. The highest BCUT2D eigenvalue weighted by Gasteiger charge is 2.11. The molecular formula is C11H21N3O2. The van der Waals surface area contributed by atoms with Gasteiger partial charge >= 0.3 is 0 Å². The lowest BCUT2D eigenvalue weighted by molar-refractivity contribution is 0.0932. The van der Waals surface area contributed by atoms with Gasteiger partial charge in [-0.05, 0) is 6.42 Å². The van der Waals surface area contributed by atoms with Crippen molar-refractivity contribution in [3.63, 3.8) is 0 Å². The molecule has 1 heterocycles. The van der Waals surface area contributed by atoms with Crippen LogP contribution in [0.1, 0.15) is 31.0 Å². The Morgan fingerprint density at radius 1 is 1.50 bits per heavy atom. The molecule has 92 valence electrons. The molecule has 1 aromatic rings. The number of H-pyrrole nitrogens is 1. The average Bonchev–Trinajstić information content (AvgIpc) is 2.75. The molecule has 0 aliphatic heterocycles. The Balaban J connectivity index is 2.38. The second-order valence-electron chi connectivity index (χ2n) is 3.60. The minimum absolute atomic E-state index is 0.0627. The Morgan fingerprint density at radius 2 is 2.31 bits per heavy atom. The van der Waals surface area contributed by atoms with Crippen molar-refractivity contribution in [3.05, 3.63) is 17.7 Å². The van der Waals surface area contributed by atoms with E-state index in [-0.39, 0.29) is 6.10 Å². The van der Waals surface area contributed by atoms with Crippen molar-refractivity contribution < 1.29 is 9.47 Å². The predicted molar refractivity (Wildman–Crippen MR) is 62.2 cm³/mol. The third kappa shape index (κ3) is 3.92. The molecule has 2 N–H and O–H groups in total. The smallest absolute Gasteiger partial charge is 0.135 e. The molecule has 0 aliphatic rings. The first kappa shape index (κ1) is 13.2. The first-order chi connectivity index (χ1) is 7.81. The molecule has 1 atom stereocenters. The lowest BCUT2D eigenvalue weighted by Gasteiger charge is -2.09. The molecule has 0 amide bonds. The summed E-state index contributed by atoms with van der Waals surface area (Å²) in [6.07, 6.45) is 2.82. The van der Waals surface area contributed by atoms with Crippen LogP contribution >= 0.6 is 0 Å². The third-order valence-electron chi connectivity index (χ3n) is 2.41. The second-order valence-corrected chi connectivity index (χ2v) is 3.60. The maximum atomic E-state index is 5.31. The summed E-state index contributed by atoms with van der Waals surface area (Å²) in [5.74, 6) is 0.897. The van der Waals surface area contributed by atoms with Crippen LogP contribution in [0, 0.1) is 0 Å². The Bertz CT molecular complexity index is 285. The molecule has 0 radical (unpaired) electrons. The number of rotatable bonds is 8. The molecule has 0 saturated carbocycles. The number of hydrogen-bond donors (Lipinski definition) is 2. The van der Waals surface area contributed by atoms with E-state index in [4.69, 9.17) is 9.47 Å². The molecule has 0 spiro atoms. The maximum Gasteiger partial charge on any atom is 0.135 e. The minimum atomic E-state index is 0.0627. The number of nitrogens with zero attached hydrogens (tertiary/aromatic N) is 1. The van der Waals surface area contributed by atoms with Gasteiger partial charge in [-0.1, -0.05) is 6.92 Å². The van der Waals surface area contributed by atoms with E-state index in [1.165, 1.54) is 0 Å². The van der Waals surface area contributed by atoms with E-state index in [1.54, 1.807) is 14.2 Å². The van der Waals surface area contributed by atoms with Crippen molar-refractivity contribution in [2.75, 3.05) is 27.4 Å². The predicted octanol–water partition coefficient (Wildman–Crippen LogP) is 1.24. The summed E-state index contributed by atoms with van der Waals surface area (Å²) in [6.45, 7) is 4.41. The minimum Gasteiger partial charge on any atom is -0.383 e. The average molecular weight is 227 g/mol. The summed E-state index contributed by atoms with van der Waals surface area (Å²) in [5.41, 5.74) is 1.07. The summed E-state index contributed by atoms with van der Waals surface area (Å²) < 4.78 is 10.3. The van der Waals surface area contributed by atoms with Crippen molar-refractivity contribution in [2.45, 2.75) is 26.0 Å². The van der Waals surface area contributed by atoms with Crippen molar-refractivity contribution in [3.8, 4) is 0 Å². The maximum absolute atomic E-state index is 5.31. The van der Waals surface area contributed by atoms with E-state index >= 15 is 0 Å². The van der Waals surface area contributed by atoms with Crippen LogP contribution in [-0.2, 0) is 16.0 Å². The zero-order valence-electron chi connectivity index (χ0n) is 10.2. The van der Waals surface area contributed by atoms with Crippen LogP contribution in [0.2, 0.25) is 0 Å². The van der Waals surface area contributed by atoms with Crippen LogP contribution in [0.5, 0.6) is 0 Å². The van der Waals surface area contributed by atoms with Gasteiger partial charge in [-0.3, -0.25) is 0 Å². The molecule has 0 aromatic carbocycles. The van der Waals surface area contributed by atoms with Gasteiger partial charge in [-0.15, -0.1) is 0 Å². The number of aromatic amines is 1. The number of methoxy groups -OCH3 is 2. The van der Waals surface area contributed by atoms with E-state index < -0.39 is 0 Å². The third-order valence-corrected chi connectivity index (χ3v) is 2.41. The zero-order chi connectivity index (χ0) is 11.8. The van der Waals surface area contributed by atoms with Crippen LogP contribution in [0.25, 0.3) is 0 Å². The van der Waals surface area contributed by atoms with Crippen molar-refractivity contribution in [2.24, 2.45) is 0 Å².